The highest BCUT2D eigenvalue weighted by Gasteiger charge is 2.32. The molecule has 208 valence electrons. The Morgan fingerprint density at radius 2 is 1.68 bits per heavy atom. The molecule has 0 unspecified atom stereocenters. The fourth-order valence-corrected chi connectivity index (χ4v) is 4.39. The fraction of sp³-hybridized carbons (Fsp3) is 0.440. The number of amides is 2. The van der Waals surface area contributed by atoms with E-state index in [-0.39, 0.29) is 29.6 Å². The number of carbonyl (C=O) groups excluding carboxylic acids is 2. The molecule has 0 radical (unpaired) electrons. The number of hydrogen-bond donors (Lipinski definition) is 1. The number of carbonyl (C=O) groups is 2. The Balaban J connectivity index is 2.49. The first-order valence-electron chi connectivity index (χ1n) is 11.8. The molecular weight excluding hydrogens is 516 g/mol. The van der Waals surface area contributed by atoms with Gasteiger partial charge in [0.25, 0.3) is 5.69 Å². The van der Waals surface area contributed by atoms with Crippen LogP contribution in [0.3, 0.4) is 0 Å². The van der Waals surface area contributed by atoms with E-state index in [0.29, 0.717) is 17.9 Å². The van der Waals surface area contributed by atoms with Crippen molar-refractivity contribution in [1.82, 2.24) is 10.2 Å². The number of nitrogens with one attached hydrogen (secondary N) is 1. The van der Waals surface area contributed by atoms with E-state index >= 15 is 0 Å². The Labute approximate surface area is 222 Å². The summed E-state index contributed by atoms with van der Waals surface area (Å²) in [7, 11) is -1.30. The van der Waals surface area contributed by atoms with Gasteiger partial charge in [0.05, 0.1) is 25.4 Å². The van der Waals surface area contributed by atoms with E-state index in [0.717, 1.165) is 16.6 Å². The van der Waals surface area contributed by atoms with E-state index in [9.17, 15) is 28.1 Å². The Hall–Kier alpha value is -3.87. The van der Waals surface area contributed by atoms with Crippen LogP contribution in [-0.4, -0.2) is 69.7 Å². The van der Waals surface area contributed by atoms with E-state index in [2.05, 4.69) is 5.32 Å². The maximum absolute atomic E-state index is 13.6. The van der Waals surface area contributed by atoms with Crippen LogP contribution in [-0.2, 0) is 26.2 Å². The normalized spacial score (nSPS) is 12.0. The molecule has 1 atom stereocenters. The molecule has 0 spiro atoms. The number of nitro benzene ring substituents is 1. The van der Waals surface area contributed by atoms with Crippen LogP contribution < -0.4 is 19.1 Å². The third-order valence-corrected chi connectivity index (χ3v) is 6.81. The number of methoxy groups -OCH3 is 2. The molecule has 2 rings (SSSR count). The number of anilines is 1. The second-order valence-electron chi connectivity index (χ2n) is 9.07. The summed E-state index contributed by atoms with van der Waals surface area (Å²) < 4.78 is 36.7. The summed E-state index contributed by atoms with van der Waals surface area (Å²) in [5.41, 5.74) is 0.138. The van der Waals surface area contributed by atoms with E-state index in [4.69, 9.17) is 9.47 Å². The van der Waals surface area contributed by atoms with Gasteiger partial charge >= 0.3 is 0 Å². The summed E-state index contributed by atoms with van der Waals surface area (Å²) in [4.78, 5) is 38.5. The number of non-ortho nitro benzene ring substituents is 1. The van der Waals surface area contributed by atoms with Gasteiger partial charge in [-0.3, -0.25) is 24.0 Å². The molecule has 0 saturated carbocycles. The lowest BCUT2D eigenvalue weighted by Gasteiger charge is -2.32. The fourth-order valence-electron chi connectivity index (χ4n) is 3.54. The number of rotatable bonds is 13. The van der Waals surface area contributed by atoms with Crippen LogP contribution in [0.4, 0.5) is 11.4 Å². The summed E-state index contributed by atoms with van der Waals surface area (Å²) in [6.07, 6.45) is 0.880. The van der Waals surface area contributed by atoms with Crippen molar-refractivity contribution in [3.63, 3.8) is 0 Å². The third kappa shape index (κ3) is 8.07. The topological polar surface area (TPSA) is 148 Å². The zero-order valence-electron chi connectivity index (χ0n) is 22.3. The monoisotopic (exact) mass is 550 g/mol. The van der Waals surface area contributed by atoms with Crippen molar-refractivity contribution in [2.24, 2.45) is 5.92 Å². The average molecular weight is 551 g/mol. The first-order chi connectivity index (χ1) is 17.8. The smallest absolute Gasteiger partial charge is 0.271 e. The van der Waals surface area contributed by atoms with Crippen LogP contribution in [0.1, 0.15) is 26.3 Å². The minimum absolute atomic E-state index is 0.00275. The number of nitrogens with zero attached hydrogens (tertiary/aromatic N) is 3. The first-order valence-corrected chi connectivity index (χ1v) is 13.6. The lowest BCUT2D eigenvalue weighted by atomic mass is 10.1. The number of nitro groups is 1. The van der Waals surface area contributed by atoms with Crippen LogP contribution in [0, 0.1) is 16.0 Å². The van der Waals surface area contributed by atoms with Gasteiger partial charge in [-0.2, -0.15) is 0 Å². The summed E-state index contributed by atoms with van der Waals surface area (Å²) in [5.74, 6) is -0.279. The number of benzene rings is 2. The van der Waals surface area contributed by atoms with Gasteiger partial charge in [0.2, 0.25) is 21.8 Å². The first kappa shape index (κ1) is 30.4. The van der Waals surface area contributed by atoms with Crippen molar-refractivity contribution in [3.8, 4) is 11.5 Å². The van der Waals surface area contributed by atoms with E-state index < -0.39 is 39.3 Å². The SMILES string of the molecule is COc1ccc(CN(C(=O)CN(c2cc([N+](=O)[O-])ccc2OC)S(C)(=O)=O)[C@@H](C)C(=O)NCC(C)C)cc1. The zero-order valence-corrected chi connectivity index (χ0v) is 23.1. The lowest BCUT2D eigenvalue weighted by molar-refractivity contribution is -0.384. The minimum atomic E-state index is -4.10. The Bertz CT molecular complexity index is 1250. The highest BCUT2D eigenvalue weighted by molar-refractivity contribution is 7.92. The maximum atomic E-state index is 13.6. The van der Waals surface area contributed by atoms with Gasteiger partial charge in [0.1, 0.15) is 29.8 Å². The molecule has 0 aliphatic heterocycles. The van der Waals surface area contributed by atoms with Gasteiger partial charge in [-0.1, -0.05) is 26.0 Å². The number of sulfonamides is 1. The molecule has 0 heterocycles. The predicted octanol–water partition coefficient (Wildman–Crippen LogP) is 2.57. The van der Waals surface area contributed by atoms with Crippen molar-refractivity contribution < 1.29 is 32.4 Å². The van der Waals surface area contributed by atoms with Crippen LogP contribution in [0.5, 0.6) is 11.5 Å². The summed E-state index contributed by atoms with van der Waals surface area (Å²) in [6.45, 7) is 5.10. The Morgan fingerprint density at radius 1 is 1.05 bits per heavy atom. The van der Waals surface area contributed by atoms with Crippen LogP contribution in [0.25, 0.3) is 0 Å². The predicted molar refractivity (Wildman–Crippen MR) is 143 cm³/mol. The molecule has 0 aromatic heterocycles. The number of hydrogen-bond acceptors (Lipinski definition) is 8. The Kier molecular flexibility index (Phi) is 10.5. The van der Waals surface area contributed by atoms with Gasteiger partial charge < -0.3 is 19.7 Å². The second-order valence-corrected chi connectivity index (χ2v) is 11.0. The van der Waals surface area contributed by atoms with Crippen molar-refractivity contribution in [2.75, 3.05) is 37.9 Å². The molecule has 2 aromatic rings. The molecular formula is C25H34N4O8S. The molecule has 1 N–H and O–H groups in total. The average Bonchev–Trinajstić information content (AvgIpc) is 2.87. The highest BCUT2D eigenvalue weighted by atomic mass is 32.2. The van der Waals surface area contributed by atoms with Gasteiger partial charge in [0.15, 0.2) is 0 Å². The zero-order chi connectivity index (χ0) is 28.6. The van der Waals surface area contributed by atoms with Crippen molar-refractivity contribution in [3.05, 3.63) is 58.1 Å². The molecule has 0 fully saturated rings. The quantitative estimate of drug-likeness (QED) is 0.296. The molecule has 2 amide bonds. The van der Waals surface area contributed by atoms with Crippen LogP contribution in [0.2, 0.25) is 0 Å². The standard InChI is InChI=1S/C25H34N4O8S/c1-17(2)14-26-25(31)18(3)27(15-19-7-10-21(36-4)11-8-19)24(30)16-28(38(6,34)35)22-13-20(29(32)33)9-12-23(22)37-5/h7-13,17-18H,14-16H2,1-6H3,(H,26,31)/t18-/m0/s1. The largest absolute Gasteiger partial charge is 0.497 e. The summed E-state index contributed by atoms with van der Waals surface area (Å²) in [6, 6.07) is 9.38. The van der Waals surface area contributed by atoms with Crippen LogP contribution >= 0.6 is 0 Å². The molecule has 13 heteroatoms. The lowest BCUT2D eigenvalue weighted by Crippen LogP contribution is -2.51. The molecule has 0 aliphatic rings. The van der Waals surface area contributed by atoms with E-state index in [1.54, 1.807) is 31.2 Å². The summed E-state index contributed by atoms with van der Waals surface area (Å²) in [5, 5.41) is 14.1. The van der Waals surface area contributed by atoms with E-state index in [1.165, 1.54) is 31.3 Å². The minimum Gasteiger partial charge on any atom is -0.497 e. The van der Waals surface area contributed by atoms with Crippen molar-refractivity contribution in [1.29, 1.82) is 0 Å². The Morgan fingerprint density at radius 3 is 2.18 bits per heavy atom. The number of ether oxygens (including phenoxy) is 2. The van der Waals surface area contributed by atoms with Gasteiger partial charge in [0, 0.05) is 25.2 Å². The van der Waals surface area contributed by atoms with Crippen molar-refractivity contribution in [2.45, 2.75) is 33.4 Å². The second kappa shape index (κ2) is 13.1. The molecule has 0 bridgehead atoms. The van der Waals surface area contributed by atoms with Crippen LogP contribution in [0.15, 0.2) is 42.5 Å². The van der Waals surface area contributed by atoms with Gasteiger partial charge in [-0.25, -0.2) is 8.42 Å². The molecule has 0 aliphatic carbocycles. The molecule has 2 aromatic carbocycles. The maximum Gasteiger partial charge on any atom is 0.271 e. The summed E-state index contributed by atoms with van der Waals surface area (Å²) >= 11 is 0. The molecule has 12 nitrogen and oxygen atoms in total. The highest BCUT2D eigenvalue weighted by Crippen LogP contribution is 2.34. The molecule has 0 saturated heterocycles. The van der Waals surface area contributed by atoms with Gasteiger partial charge in [-0.15, -0.1) is 0 Å². The molecule has 38 heavy (non-hydrogen) atoms. The van der Waals surface area contributed by atoms with Gasteiger partial charge in [-0.05, 0) is 36.6 Å². The van der Waals surface area contributed by atoms with Crippen molar-refractivity contribution >= 4 is 33.2 Å². The third-order valence-electron chi connectivity index (χ3n) is 5.68. The van der Waals surface area contributed by atoms with E-state index in [1.807, 2.05) is 13.8 Å².